The van der Waals surface area contributed by atoms with E-state index in [4.69, 9.17) is 17.3 Å². The van der Waals surface area contributed by atoms with E-state index in [1.165, 1.54) is 6.07 Å². The number of nitrogens with zero attached hydrogens (tertiary/aromatic N) is 1. The molecule has 0 saturated carbocycles. The van der Waals surface area contributed by atoms with E-state index in [0.717, 1.165) is 12.1 Å². The zero-order valence-corrected chi connectivity index (χ0v) is 17.1. The Morgan fingerprint density at radius 1 is 1.17 bits per heavy atom. The van der Waals surface area contributed by atoms with Crippen molar-refractivity contribution < 1.29 is 19.3 Å². The van der Waals surface area contributed by atoms with Crippen LogP contribution < -0.4 is 16.4 Å². The first-order chi connectivity index (χ1) is 14.1. The molecular weight excluding hydrogens is 412 g/mol. The summed E-state index contributed by atoms with van der Waals surface area (Å²) >= 11 is 5.99. The minimum atomic E-state index is -0.872. The van der Waals surface area contributed by atoms with Crippen molar-refractivity contribution in [3.8, 4) is 0 Å². The molecule has 2 aromatic carbocycles. The number of carbonyl (C=O) groups excluding carboxylic acids is 3. The Kier molecular flexibility index (Phi) is 7.48. The topological polar surface area (TPSA) is 144 Å². The van der Waals surface area contributed by atoms with Crippen molar-refractivity contribution >= 4 is 35.0 Å². The van der Waals surface area contributed by atoms with Crippen LogP contribution in [0.2, 0.25) is 5.02 Å². The molecule has 4 N–H and O–H groups in total. The number of rotatable bonds is 8. The first kappa shape index (κ1) is 22.8. The van der Waals surface area contributed by atoms with Crippen LogP contribution in [0.15, 0.2) is 42.5 Å². The number of hydrogen-bond donors (Lipinski definition) is 3. The van der Waals surface area contributed by atoms with Gasteiger partial charge in [0.25, 0.3) is 11.6 Å². The monoisotopic (exact) mass is 432 g/mol. The molecule has 0 aliphatic carbocycles. The number of nitro benzene ring substituents is 1. The van der Waals surface area contributed by atoms with Crippen LogP contribution in [-0.2, 0) is 11.3 Å². The number of amides is 3. The fourth-order valence-electron chi connectivity index (χ4n) is 2.69. The fourth-order valence-corrected chi connectivity index (χ4v) is 2.95. The molecule has 0 radical (unpaired) electrons. The molecule has 9 nitrogen and oxygen atoms in total. The van der Waals surface area contributed by atoms with Gasteiger partial charge in [-0.05, 0) is 29.7 Å². The van der Waals surface area contributed by atoms with Crippen molar-refractivity contribution in [1.29, 1.82) is 0 Å². The Balaban J connectivity index is 2.09. The predicted molar refractivity (Wildman–Crippen MR) is 111 cm³/mol. The van der Waals surface area contributed by atoms with Crippen molar-refractivity contribution in [2.75, 3.05) is 0 Å². The molecule has 3 amide bonds. The third-order valence-corrected chi connectivity index (χ3v) is 4.63. The zero-order valence-electron chi connectivity index (χ0n) is 16.3. The lowest BCUT2D eigenvalue weighted by Crippen LogP contribution is -2.49. The summed E-state index contributed by atoms with van der Waals surface area (Å²) < 4.78 is 0. The smallest absolute Gasteiger partial charge is 0.270 e. The number of carbonyl (C=O) groups is 3. The number of non-ortho nitro benzene ring substituents is 1. The van der Waals surface area contributed by atoms with Crippen molar-refractivity contribution in [2.45, 2.75) is 26.4 Å². The molecular formula is C20H21ClN4O5. The number of halogens is 1. The van der Waals surface area contributed by atoms with Gasteiger partial charge in [0.15, 0.2) is 0 Å². The molecule has 0 saturated heterocycles. The summed E-state index contributed by atoms with van der Waals surface area (Å²) in [6, 6.07) is 9.13. The minimum absolute atomic E-state index is 0.0230. The van der Waals surface area contributed by atoms with Crippen molar-refractivity contribution in [2.24, 2.45) is 11.7 Å². The molecule has 1 atom stereocenters. The molecule has 158 valence electrons. The Morgan fingerprint density at radius 3 is 2.43 bits per heavy atom. The van der Waals surface area contributed by atoms with E-state index in [0.29, 0.717) is 11.1 Å². The highest BCUT2D eigenvalue weighted by Gasteiger charge is 2.26. The number of nitro groups is 1. The van der Waals surface area contributed by atoms with Crippen LogP contribution in [0.5, 0.6) is 0 Å². The highest BCUT2D eigenvalue weighted by molar-refractivity contribution is 6.34. The molecule has 0 fully saturated rings. The second-order valence-corrected chi connectivity index (χ2v) is 7.31. The first-order valence-electron chi connectivity index (χ1n) is 9.01. The molecule has 0 aliphatic heterocycles. The zero-order chi connectivity index (χ0) is 22.4. The fraction of sp³-hybridized carbons (Fsp3) is 0.250. The third-order valence-electron chi connectivity index (χ3n) is 4.32. The Morgan fingerprint density at radius 2 is 1.87 bits per heavy atom. The SMILES string of the molecule is CC(C)C(NC(=O)c1ccc([N+](=O)[O-])cc1Cl)C(=O)NCc1cccc(C(N)=O)c1. The Bertz CT molecular complexity index is 993. The quantitative estimate of drug-likeness (QED) is 0.433. The van der Waals surface area contributed by atoms with Crippen molar-refractivity contribution in [3.05, 3.63) is 74.3 Å². The van der Waals surface area contributed by atoms with Gasteiger partial charge in [0.1, 0.15) is 6.04 Å². The molecule has 1 unspecified atom stereocenters. The summed E-state index contributed by atoms with van der Waals surface area (Å²) in [4.78, 5) is 46.7. The lowest BCUT2D eigenvalue weighted by molar-refractivity contribution is -0.384. The average Bonchev–Trinajstić information content (AvgIpc) is 2.69. The largest absolute Gasteiger partial charge is 0.366 e. The lowest BCUT2D eigenvalue weighted by atomic mass is 10.0. The van der Waals surface area contributed by atoms with Crippen molar-refractivity contribution in [1.82, 2.24) is 10.6 Å². The molecule has 0 aliphatic rings. The van der Waals surface area contributed by atoms with E-state index < -0.39 is 28.7 Å². The minimum Gasteiger partial charge on any atom is -0.366 e. The van der Waals surface area contributed by atoms with Gasteiger partial charge >= 0.3 is 0 Å². The summed E-state index contributed by atoms with van der Waals surface area (Å²) in [6.07, 6.45) is 0. The van der Waals surface area contributed by atoms with Gasteiger partial charge in [-0.3, -0.25) is 24.5 Å². The Hall–Kier alpha value is -3.46. The molecule has 0 heterocycles. The summed E-state index contributed by atoms with van der Waals surface area (Å²) in [5.74, 6) is -1.88. The van der Waals surface area contributed by atoms with E-state index >= 15 is 0 Å². The lowest BCUT2D eigenvalue weighted by Gasteiger charge is -2.22. The van der Waals surface area contributed by atoms with Crippen LogP contribution in [0.3, 0.4) is 0 Å². The van der Waals surface area contributed by atoms with Crippen LogP contribution in [0, 0.1) is 16.0 Å². The highest BCUT2D eigenvalue weighted by atomic mass is 35.5. The second-order valence-electron chi connectivity index (χ2n) is 6.90. The summed E-state index contributed by atoms with van der Waals surface area (Å²) in [5, 5.41) is 16.0. The molecule has 30 heavy (non-hydrogen) atoms. The number of nitrogens with one attached hydrogen (secondary N) is 2. The summed E-state index contributed by atoms with van der Waals surface area (Å²) in [7, 11) is 0. The van der Waals surface area contributed by atoms with Gasteiger partial charge in [-0.15, -0.1) is 0 Å². The normalized spacial score (nSPS) is 11.6. The van der Waals surface area contributed by atoms with Crippen LogP contribution >= 0.6 is 11.6 Å². The maximum absolute atomic E-state index is 12.6. The van der Waals surface area contributed by atoms with Gasteiger partial charge < -0.3 is 16.4 Å². The van der Waals surface area contributed by atoms with Gasteiger partial charge in [0.2, 0.25) is 11.8 Å². The first-order valence-corrected chi connectivity index (χ1v) is 9.39. The predicted octanol–water partition coefficient (Wildman–Crippen LogP) is 2.42. The standard InChI is InChI=1S/C20H21ClN4O5/c1-11(2)17(20(28)23-10-12-4-3-5-13(8-12)18(22)26)24-19(27)15-7-6-14(25(29)30)9-16(15)21/h3-9,11,17H,10H2,1-2H3,(H2,22,26)(H,23,28)(H,24,27). The molecule has 0 aromatic heterocycles. The third kappa shape index (κ3) is 5.77. The highest BCUT2D eigenvalue weighted by Crippen LogP contribution is 2.22. The van der Waals surface area contributed by atoms with Crippen molar-refractivity contribution in [3.63, 3.8) is 0 Å². The molecule has 0 spiro atoms. The molecule has 2 aromatic rings. The summed E-state index contributed by atoms with van der Waals surface area (Å²) in [6.45, 7) is 3.66. The van der Waals surface area contributed by atoms with E-state index in [1.54, 1.807) is 38.1 Å². The van der Waals surface area contributed by atoms with Gasteiger partial charge in [-0.2, -0.15) is 0 Å². The van der Waals surface area contributed by atoms with Gasteiger partial charge in [0.05, 0.1) is 15.5 Å². The molecule has 2 rings (SSSR count). The van der Waals surface area contributed by atoms with E-state index in [-0.39, 0.29) is 28.7 Å². The van der Waals surface area contributed by atoms with E-state index in [9.17, 15) is 24.5 Å². The summed E-state index contributed by atoms with van der Waals surface area (Å²) in [5.41, 5.74) is 6.03. The maximum Gasteiger partial charge on any atom is 0.270 e. The van der Waals surface area contributed by atoms with Crippen LogP contribution in [0.25, 0.3) is 0 Å². The van der Waals surface area contributed by atoms with Gasteiger partial charge in [-0.1, -0.05) is 37.6 Å². The number of nitrogens with two attached hydrogens (primary N) is 1. The number of benzene rings is 2. The number of hydrogen-bond acceptors (Lipinski definition) is 5. The van der Waals surface area contributed by atoms with Gasteiger partial charge in [0, 0.05) is 24.2 Å². The molecule has 10 heteroatoms. The van der Waals surface area contributed by atoms with Gasteiger partial charge in [-0.25, -0.2) is 0 Å². The van der Waals surface area contributed by atoms with E-state index in [1.807, 2.05) is 0 Å². The number of primary amides is 1. The Labute approximate surface area is 177 Å². The van der Waals surface area contributed by atoms with Crippen LogP contribution in [0.1, 0.15) is 40.1 Å². The van der Waals surface area contributed by atoms with Crippen LogP contribution in [-0.4, -0.2) is 28.7 Å². The molecule has 0 bridgehead atoms. The van der Waals surface area contributed by atoms with Crippen LogP contribution in [0.4, 0.5) is 5.69 Å². The average molecular weight is 433 g/mol. The second kappa shape index (κ2) is 9.84. The maximum atomic E-state index is 12.6. The van der Waals surface area contributed by atoms with E-state index in [2.05, 4.69) is 10.6 Å².